The van der Waals surface area contributed by atoms with Crippen LogP contribution in [0.15, 0.2) is 48.5 Å². The topological polar surface area (TPSA) is 83.6 Å². The molecule has 2 aromatic rings. The van der Waals surface area contributed by atoms with Gasteiger partial charge in [0.25, 0.3) is 5.91 Å². The molecular formula is C19H20N2O4S. The van der Waals surface area contributed by atoms with E-state index in [1.54, 1.807) is 6.92 Å². The molecule has 1 saturated heterocycles. The quantitative estimate of drug-likeness (QED) is 0.892. The summed E-state index contributed by atoms with van der Waals surface area (Å²) in [6.45, 7) is 3.99. The number of carbonyl (C=O) groups excluding carboxylic acids is 2. The van der Waals surface area contributed by atoms with Crippen LogP contribution in [0.2, 0.25) is 0 Å². The molecule has 1 fully saturated rings. The fraction of sp³-hybridized carbons (Fsp3) is 0.263. The molecule has 1 N–H and O–H groups in total. The Morgan fingerprint density at radius 1 is 1.12 bits per heavy atom. The van der Waals surface area contributed by atoms with Crippen molar-refractivity contribution in [3.05, 3.63) is 65.2 Å². The van der Waals surface area contributed by atoms with Crippen molar-refractivity contribution in [2.24, 2.45) is 5.92 Å². The van der Waals surface area contributed by atoms with Gasteiger partial charge in [-0.15, -0.1) is 0 Å². The Bertz CT molecular complexity index is 935. The van der Waals surface area contributed by atoms with Crippen LogP contribution in [0.25, 0.3) is 0 Å². The molecule has 1 aliphatic heterocycles. The smallest absolute Gasteiger partial charge is 0.251 e. The number of carbonyl (C=O) groups is 2. The standard InChI is InChI=1S/C19H20N2O4S/c1-13-3-5-15(6-4-13)11-20-18(22)16-7-9-17(10-8-16)21-19(23)14(2)12-26(21,24)25/h3-10,14H,11-12H2,1-2H3,(H,20,22). The highest BCUT2D eigenvalue weighted by atomic mass is 32.2. The molecule has 1 aliphatic rings. The number of nitrogens with zero attached hydrogens (tertiary/aromatic N) is 1. The van der Waals surface area contributed by atoms with E-state index < -0.39 is 21.8 Å². The molecule has 0 aromatic heterocycles. The van der Waals surface area contributed by atoms with E-state index in [1.165, 1.54) is 24.3 Å². The number of anilines is 1. The minimum absolute atomic E-state index is 0.190. The van der Waals surface area contributed by atoms with E-state index in [0.717, 1.165) is 15.4 Å². The molecular weight excluding hydrogens is 352 g/mol. The Kier molecular flexibility index (Phi) is 4.82. The van der Waals surface area contributed by atoms with Gasteiger partial charge in [0, 0.05) is 12.1 Å². The van der Waals surface area contributed by atoms with Gasteiger partial charge in [0.15, 0.2) is 0 Å². The summed E-state index contributed by atoms with van der Waals surface area (Å²) >= 11 is 0. The van der Waals surface area contributed by atoms with Gasteiger partial charge in [-0.1, -0.05) is 36.8 Å². The van der Waals surface area contributed by atoms with E-state index in [9.17, 15) is 18.0 Å². The van der Waals surface area contributed by atoms with Crippen LogP contribution in [0.1, 0.15) is 28.4 Å². The second-order valence-corrected chi connectivity index (χ2v) is 8.36. The first-order valence-corrected chi connectivity index (χ1v) is 9.89. The van der Waals surface area contributed by atoms with Crippen LogP contribution in [0.3, 0.4) is 0 Å². The van der Waals surface area contributed by atoms with E-state index in [2.05, 4.69) is 5.32 Å². The highest BCUT2D eigenvalue weighted by Crippen LogP contribution is 2.28. The van der Waals surface area contributed by atoms with E-state index in [1.807, 2.05) is 31.2 Å². The van der Waals surface area contributed by atoms with Crippen LogP contribution in [-0.2, 0) is 21.4 Å². The zero-order valence-corrected chi connectivity index (χ0v) is 15.4. The first kappa shape index (κ1) is 18.1. The van der Waals surface area contributed by atoms with Gasteiger partial charge < -0.3 is 5.32 Å². The first-order valence-electron chi connectivity index (χ1n) is 8.28. The monoisotopic (exact) mass is 372 g/mol. The van der Waals surface area contributed by atoms with Gasteiger partial charge in [0.05, 0.1) is 17.4 Å². The average Bonchev–Trinajstić information content (AvgIpc) is 2.81. The summed E-state index contributed by atoms with van der Waals surface area (Å²) in [6, 6.07) is 13.8. The fourth-order valence-electron chi connectivity index (χ4n) is 2.83. The molecule has 0 spiro atoms. The molecule has 26 heavy (non-hydrogen) atoms. The third-order valence-corrected chi connectivity index (χ3v) is 6.17. The average molecular weight is 372 g/mol. The fourth-order valence-corrected chi connectivity index (χ4v) is 4.65. The number of benzene rings is 2. The Morgan fingerprint density at radius 3 is 2.27 bits per heavy atom. The Labute approximate surface area is 152 Å². The molecule has 2 amide bonds. The largest absolute Gasteiger partial charge is 0.348 e. The van der Waals surface area contributed by atoms with Gasteiger partial charge in [0.1, 0.15) is 0 Å². The molecule has 1 heterocycles. The number of hydrogen-bond donors (Lipinski definition) is 1. The van der Waals surface area contributed by atoms with Crippen LogP contribution in [0.5, 0.6) is 0 Å². The number of aryl methyl sites for hydroxylation is 1. The molecule has 0 aliphatic carbocycles. The zero-order valence-electron chi connectivity index (χ0n) is 14.6. The summed E-state index contributed by atoms with van der Waals surface area (Å²) < 4.78 is 25.0. The lowest BCUT2D eigenvalue weighted by Gasteiger charge is -2.15. The van der Waals surface area contributed by atoms with Gasteiger partial charge in [-0.25, -0.2) is 12.7 Å². The first-order chi connectivity index (χ1) is 12.3. The molecule has 136 valence electrons. The van der Waals surface area contributed by atoms with Gasteiger partial charge in [-0.2, -0.15) is 0 Å². The van der Waals surface area contributed by atoms with Crippen molar-refractivity contribution in [2.45, 2.75) is 20.4 Å². The van der Waals surface area contributed by atoms with Crippen LogP contribution in [0.4, 0.5) is 5.69 Å². The molecule has 6 nitrogen and oxygen atoms in total. The number of sulfonamides is 1. The maximum Gasteiger partial charge on any atom is 0.251 e. The summed E-state index contributed by atoms with van der Waals surface area (Å²) in [5.41, 5.74) is 2.80. The third kappa shape index (κ3) is 3.62. The van der Waals surface area contributed by atoms with Gasteiger partial charge >= 0.3 is 0 Å². The van der Waals surface area contributed by atoms with Crippen molar-refractivity contribution < 1.29 is 18.0 Å². The van der Waals surface area contributed by atoms with Crippen molar-refractivity contribution in [3.8, 4) is 0 Å². The summed E-state index contributed by atoms with van der Waals surface area (Å²) in [7, 11) is -3.64. The lowest BCUT2D eigenvalue weighted by Crippen LogP contribution is -2.30. The van der Waals surface area contributed by atoms with E-state index >= 15 is 0 Å². The number of rotatable bonds is 4. The molecule has 1 unspecified atom stereocenters. The van der Waals surface area contributed by atoms with Crippen molar-refractivity contribution in [1.82, 2.24) is 5.32 Å². The predicted octanol–water partition coefficient (Wildman–Crippen LogP) is 2.24. The molecule has 0 saturated carbocycles. The Balaban J connectivity index is 1.70. The Hall–Kier alpha value is -2.67. The molecule has 2 aromatic carbocycles. The van der Waals surface area contributed by atoms with Crippen LogP contribution < -0.4 is 9.62 Å². The molecule has 0 radical (unpaired) electrons. The van der Waals surface area contributed by atoms with Crippen molar-refractivity contribution in [3.63, 3.8) is 0 Å². The highest BCUT2D eigenvalue weighted by molar-refractivity contribution is 7.94. The Morgan fingerprint density at radius 2 is 1.73 bits per heavy atom. The maximum atomic E-state index is 12.3. The zero-order chi connectivity index (χ0) is 18.9. The SMILES string of the molecule is Cc1ccc(CNC(=O)c2ccc(N3C(=O)C(C)CS3(=O)=O)cc2)cc1. The summed E-state index contributed by atoms with van der Waals surface area (Å²) in [4.78, 5) is 24.3. The van der Waals surface area contributed by atoms with Gasteiger partial charge in [0.2, 0.25) is 15.9 Å². The van der Waals surface area contributed by atoms with Crippen molar-refractivity contribution in [2.75, 3.05) is 10.1 Å². The minimum Gasteiger partial charge on any atom is -0.348 e. The lowest BCUT2D eigenvalue weighted by molar-refractivity contribution is -0.119. The lowest BCUT2D eigenvalue weighted by atomic mass is 10.1. The second-order valence-electron chi connectivity index (χ2n) is 6.50. The number of hydrogen-bond acceptors (Lipinski definition) is 4. The van der Waals surface area contributed by atoms with Gasteiger partial charge in [-0.3, -0.25) is 9.59 Å². The highest BCUT2D eigenvalue weighted by Gasteiger charge is 2.41. The van der Waals surface area contributed by atoms with E-state index in [4.69, 9.17) is 0 Å². The molecule has 3 rings (SSSR count). The van der Waals surface area contributed by atoms with E-state index in [0.29, 0.717) is 12.1 Å². The molecule has 7 heteroatoms. The number of nitrogens with one attached hydrogen (secondary N) is 1. The normalized spacial score (nSPS) is 18.8. The van der Waals surface area contributed by atoms with Gasteiger partial charge in [-0.05, 0) is 36.8 Å². The number of amides is 2. The van der Waals surface area contributed by atoms with Crippen molar-refractivity contribution >= 4 is 27.5 Å². The van der Waals surface area contributed by atoms with Crippen molar-refractivity contribution in [1.29, 1.82) is 0 Å². The summed E-state index contributed by atoms with van der Waals surface area (Å²) in [6.07, 6.45) is 0. The summed E-state index contributed by atoms with van der Waals surface area (Å²) in [5, 5.41) is 2.82. The minimum atomic E-state index is -3.64. The summed E-state index contributed by atoms with van der Waals surface area (Å²) in [5.74, 6) is -1.45. The molecule has 0 bridgehead atoms. The molecule has 1 atom stereocenters. The van der Waals surface area contributed by atoms with Crippen LogP contribution in [0, 0.1) is 12.8 Å². The van der Waals surface area contributed by atoms with Crippen LogP contribution >= 0.6 is 0 Å². The maximum absolute atomic E-state index is 12.3. The second kappa shape index (κ2) is 6.92. The van der Waals surface area contributed by atoms with E-state index in [-0.39, 0.29) is 17.3 Å². The predicted molar refractivity (Wildman–Crippen MR) is 99.2 cm³/mol. The third-order valence-electron chi connectivity index (χ3n) is 4.30. The van der Waals surface area contributed by atoms with Crippen LogP contribution in [-0.4, -0.2) is 26.0 Å².